The average Bonchev–Trinajstić information content (AvgIpc) is 3.27. The summed E-state index contributed by atoms with van der Waals surface area (Å²) in [6, 6.07) is 4.98. The minimum atomic E-state index is -0.487. The molecule has 2 heterocycles. The van der Waals surface area contributed by atoms with Crippen LogP contribution in [0, 0.1) is 10.1 Å². The first-order valence-corrected chi connectivity index (χ1v) is 9.51. The molecule has 3 aromatic rings. The Morgan fingerprint density at radius 3 is 2.85 bits per heavy atom. The maximum atomic E-state index is 10.7. The molecule has 0 spiro atoms. The van der Waals surface area contributed by atoms with Gasteiger partial charge in [-0.1, -0.05) is 35.0 Å². The molecule has 3 rings (SSSR count). The molecule has 0 amide bonds. The Morgan fingerprint density at radius 2 is 2.15 bits per heavy atom. The van der Waals surface area contributed by atoms with Crippen LogP contribution in [0.2, 0.25) is 10.0 Å². The van der Waals surface area contributed by atoms with E-state index in [0.717, 1.165) is 0 Å². The Kier molecular flexibility index (Phi) is 6.19. The number of thioether (sulfide) groups is 1. The van der Waals surface area contributed by atoms with Gasteiger partial charge in [0.25, 0.3) is 0 Å². The van der Waals surface area contributed by atoms with E-state index in [0.29, 0.717) is 39.2 Å². The molecule has 0 aliphatic carbocycles. The van der Waals surface area contributed by atoms with Gasteiger partial charge in [0.05, 0.1) is 15.8 Å². The van der Waals surface area contributed by atoms with E-state index in [4.69, 9.17) is 27.9 Å². The van der Waals surface area contributed by atoms with Gasteiger partial charge in [0.15, 0.2) is 11.0 Å². The van der Waals surface area contributed by atoms with E-state index in [1.165, 1.54) is 28.8 Å². The van der Waals surface area contributed by atoms with Gasteiger partial charge in [-0.15, -0.1) is 10.2 Å². The van der Waals surface area contributed by atoms with Gasteiger partial charge in [0.1, 0.15) is 24.8 Å². The van der Waals surface area contributed by atoms with Gasteiger partial charge >= 0.3 is 5.69 Å². The summed E-state index contributed by atoms with van der Waals surface area (Å²) in [5.41, 5.74) is -0.0555. The normalized spacial score (nSPS) is 10.9. The van der Waals surface area contributed by atoms with Crippen LogP contribution in [-0.2, 0) is 19.0 Å². The molecule has 0 aliphatic rings. The van der Waals surface area contributed by atoms with Crippen LogP contribution >= 0.6 is 35.0 Å². The molecule has 0 atom stereocenters. The van der Waals surface area contributed by atoms with E-state index in [9.17, 15) is 10.1 Å². The molecule has 0 saturated heterocycles. The number of ether oxygens (including phenoxy) is 1. The predicted octanol–water partition coefficient (Wildman–Crippen LogP) is 4.04. The average molecular weight is 429 g/mol. The number of aromatic nitrogens is 5. The van der Waals surface area contributed by atoms with E-state index in [1.807, 2.05) is 11.5 Å². The fraction of sp³-hybridized carbons (Fsp3) is 0.267. The smallest absolute Gasteiger partial charge is 0.307 e. The van der Waals surface area contributed by atoms with Crippen molar-refractivity contribution in [2.75, 3.05) is 0 Å². The number of benzene rings is 1. The van der Waals surface area contributed by atoms with Crippen LogP contribution in [0.1, 0.15) is 12.7 Å². The highest BCUT2D eigenvalue weighted by Gasteiger charge is 2.14. The van der Waals surface area contributed by atoms with E-state index in [2.05, 4.69) is 15.3 Å². The minimum Gasteiger partial charge on any atom is -0.484 e. The molecule has 12 heteroatoms. The Bertz CT molecular complexity index is 961. The van der Waals surface area contributed by atoms with Crippen LogP contribution in [0.4, 0.5) is 5.69 Å². The summed E-state index contributed by atoms with van der Waals surface area (Å²) in [5, 5.41) is 24.6. The van der Waals surface area contributed by atoms with E-state index < -0.39 is 4.92 Å². The zero-order valence-electron chi connectivity index (χ0n) is 14.1. The van der Waals surface area contributed by atoms with Gasteiger partial charge in [-0.05, 0) is 19.1 Å². The Hall–Kier alpha value is -2.30. The Morgan fingerprint density at radius 1 is 1.33 bits per heavy atom. The summed E-state index contributed by atoms with van der Waals surface area (Å²) >= 11 is 13.4. The zero-order valence-corrected chi connectivity index (χ0v) is 16.4. The molecule has 0 bridgehead atoms. The second-order valence-corrected chi connectivity index (χ2v) is 7.03. The number of rotatable bonds is 8. The molecule has 142 valence electrons. The van der Waals surface area contributed by atoms with Gasteiger partial charge in [0.2, 0.25) is 0 Å². The molecule has 0 N–H and O–H groups in total. The van der Waals surface area contributed by atoms with Crippen molar-refractivity contribution >= 4 is 40.7 Å². The molecule has 0 unspecified atom stereocenters. The van der Waals surface area contributed by atoms with Crippen LogP contribution in [0.5, 0.6) is 5.75 Å². The first-order valence-electron chi connectivity index (χ1n) is 7.77. The van der Waals surface area contributed by atoms with Gasteiger partial charge < -0.3 is 9.30 Å². The van der Waals surface area contributed by atoms with Crippen LogP contribution in [0.25, 0.3) is 0 Å². The summed E-state index contributed by atoms with van der Waals surface area (Å²) < 4.78 is 9.07. The third-order valence-electron chi connectivity index (χ3n) is 3.52. The van der Waals surface area contributed by atoms with Gasteiger partial charge in [-0.25, -0.2) is 0 Å². The number of hydrogen-bond acceptors (Lipinski definition) is 7. The maximum Gasteiger partial charge on any atom is 0.307 e. The first-order chi connectivity index (χ1) is 13.0. The van der Waals surface area contributed by atoms with Crippen molar-refractivity contribution in [3.63, 3.8) is 0 Å². The molecular formula is C15H14Cl2N6O3S. The maximum absolute atomic E-state index is 10.7. The summed E-state index contributed by atoms with van der Waals surface area (Å²) in [6.07, 6.45) is 2.57. The standard InChI is InChI=1S/C15H14Cl2N6O3S/c1-2-22-14(8-26-13-5-10(16)3-4-12(13)17)19-20-15(22)27-9-21-7-11(6-18-21)23(24)25/h3-7H,2,8-9H2,1H3. The van der Waals surface area contributed by atoms with Crippen molar-refractivity contribution in [3.05, 3.63) is 56.6 Å². The third-order valence-corrected chi connectivity index (χ3v) is 5.02. The van der Waals surface area contributed by atoms with Crippen LogP contribution < -0.4 is 4.74 Å². The van der Waals surface area contributed by atoms with Crippen LogP contribution in [0.3, 0.4) is 0 Å². The quantitative estimate of drug-likeness (QED) is 0.303. The van der Waals surface area contributed by atoms with Gasteiger partial charge in [0, 0.05) is 17.6 Å². The molecule has 0 radical (unpaired) electrons. The van der Waals surface area contributed by atoms with E-state index in [1.54, 1.807) is 18.2 Å². The lowest BCUT2D eigenvalue weighted by atomic mass is 10.3. The highest BCUT2D eigenvalue weighted by atomic mass is 35.5. The monoisotopic (exact) mass is 428 g/mol. The van der Waals surface area contributed by atoms with Crippen molar-refractivity contribution in [2.45, 2.75) is 31.1 Å². The van der Waals surface area contributed by atoms with Crippen molar-refractivity contribution in [2.24, 2.45) is 0 Å². The second-order valence-electron chi connectivity index (χ2n) is 5.28. The highest BCUT2D eigenvalue weighted by molar-refractivity contribution is 7.98. The van der Waals surface area contributed by atoms with E-state index >= 15 is 0 Å². The fourth-order valence-corrected chi connectivity index (χ4v) is 3.43. The Balaban J connectivity index is 1.66. The molecule has 9 nitrogen and oxygen atoms in total. The number of nitrogens with zero attached hydrogens (tertiary/aromatic N) is 6. The molecule has 0 saturated carbocycles. The lowest BCUT2D eigenvalue weighted by molar-refractivity contribution is -0.385. The van der Waals surface area contributed by atoms with Crippen molar-refractivity contribution < 1.29 is 9.66 Å². The second kappa shape index (κ2) is 8.59. The summed E-state index contributed by atoms with van der Waals surface area (Å²) in [4.78, 5) is 10.2. The van der Waals surface area contributed by atoms with Gasteiger partial charge in [-0.3, -0.25) is 14.8 Å². The van der Waals surface area contributed by atoms with Crippen LogP contribution in [0.15, 0.2) is 35.7 Å². The zero-order chi connectivity index (χ0) is 19.4. The number of nitro groups is 1. The Labute approximate surface area is 168 Å². The summed E-state index contributed by atoms with van der Waals surface area (Å²) in [6.45, 7) is 2.77. The predicted molar refractivity (Wildman–Crippen MR) is 101 cm³/mol. The third kappa shape index (κ3) is 4.71. The minimum absolute atomic E-state index is 0.0555. The lowest BCUT2D eigenvalue weighted by Crippen LogP contribution is -2.07. The van der Waals surface area contributed by atoms with Crippen molar-refractivity contribution in [3.8, 4) is 5.75 Å². The SMILES string of the molecule is CCn1c(COc2cc(Cl)ccc2Cl)nnc1SCn1cc([N+](=O)[O-])cn1. The van der Waals surface area contributed by atoms with Crippen molar-refractivity contribution in [1.82, 2.24) is 24.5 Å². The highest BCUT2D eigenvalue weighted by Crippen LogP contribution is 2.28. The fourth-order valence-electron chi connectivity index (χ4n) is 2.22. The molecule has 0 aliphatic heterocycles. The number of hydrogen-bond donors (Lipinski definition) is 0. The number of halogens is 2. The summed E-state index contributed by atoms with van der Waals surface area (Å²) in [7, 11) is 0. The molecule has 0 fully saturated rings. The topological polar surface area (TPSA) is 101 Å². The molecule has 27 heavy (non-hydrogen) atoms. The van der Waals surface area contributed by atoms with E-state index in [-0.39, 0.29) is 12.3 Å². The largest absolute Gasteiger partial charge is 0.484 e. The van der Waals surface area contributed by atoms with Crippen LogP contribution in [-0.4, -0.2) is 29.5 Å². The summed E-state index contributed by atoms with van der Waals surface area (Å²) in [5.74, 6) is 1.46. The van der Waals surface area contributed by atoms with Crippen molar-refractivity contribution in [1.29, 1.82) is 0 Å². The first kappa shape index (κ1) is 19.5. The lowest BCUT2D eigenvalue weighted by Gasteiger charge is -2.10. The molecular weight excluding hydrogens is 415 g/mol. The molecule has 1 aromatic carbocycles. The molecule has 2 aromatic heterocycles. The van der Waals surface area contributed by atoms with Gasteiger partial charge in [-0.2, -0.15) is 5.10 Å².